The molecule has 3 rings (SSSR count). The van der Waals surface area contributed by atoms with Crippen molar-refractivity contribution in [3.8, 4) is 5.75 Å². The molecule has 1 fully saturated rings. The molecule has 160 valence electrons. The van der Waals surface area contributed by atoms with Crippen molar-refractivity contribution in [2.24, 2.45) is 0 Å². The van der Waals surface area contributed by atoms with E-state index < -0.39 is 34.9 Å². The van der Waals surface area contributed by atoms with E-state index in [4.69, 9.17) is 4.74 Å². The standard InChI is InChI=1S/C18H20F4N2O5/c1-16(2)9-11-7-13(24(26)27)12(8-14(11)29-16)23-5-3-17(19,4-6-23)10-28-15(25)18(20,21)22/h7-8H,3-6,9-10H2,1-2H3. The van der Waals surface area contributed by atoms with Crippen molar-refractivity contribution >= 4 is 17.3 Å². The Balaban J connectivity index is 1.73. The number of nitro groups is 1. The van der Waals surface area contributed by atoms with Gasteiger partial charge in [0.1, 0.15) is 29.3 Å². The fraction of sp³-hybridized carbons (Fsp3) is 0.611. The van der Waals surface area contributed by atoms with Gasteiger partial charge in [-0.05, 0) is 13.8 Å². The summed E-state index contributed by atoms with van der Waals surface area (Å²) in [5.74, 6) is -1.92. The van der Waals surface area contributed by atoms with Crippen LogP contribution in [-0.2, 0) is 16.0 Å². The van der Waals surface area contributed by atoms with Gasteiger partial charge in [0.25, 0.3) is 5.69 Å². The van der Waals surface area contributed by atoms with Crippen LogP contribution in [-0.4, -0.2) is 48.0 Å². The SMILES string of the molecule is CC1(C)Cc2cc([N+](=O)[O-])c(N3CCC(F)(COC(=O)C(F)(F)F)CC3)cc2O1. The van der Waals surface area contributed by atoms with Gasteiger partial charge >= 0.3 is 12.1 Å². The Labute approximate surface area is 163 Å². The molecule has 1 aromatic rings. The summed E-state index contributed by atoms with van der Waals surface area (Å²) in [6, 6.07) is 3.00. The number of benzene rings is 1. The fourth-order valence-corrected chi connectivity index (χ4v) is 3.60. The smallest absolute Gasteiger partial charge is 0.487 e. The van der Waals surface area contributed by atoms with Crippen LogP contribution in [0.2, 0.25) is 0 Å². The summed E-state index contributed by atoms with van der Waals surface area (Å²) in [5, 5.41) is 11.5. The van der Waals surface area contributed by atoms with Gasteiger partial charge in [-0.3, -0.25) is 10.1 Å². The summed E-state index contributed by atoms with van der Waals surface area (Å²) >= 11 is 0. The van der Waals surface area contributed by atoms with E-state index in [1.807, 2.05) is 13.8 Å². The normalized spacial score (nSPS) is 20.0. The predicted molar refractivity (Wildman–Crippen MR) is 93.8 cm³/mol. The van der Waals surface area contributed by atoms with Crippen molar-refractivity contribution in [3.63, 3.8) is 0 Å². The summed E-state index contributed by atoms with van der Waals surface area (Å²) in [7, 11) is 0. The number of alkyl halides is 4. The van der Waals surface area contributed by atoms with Crippen LogP contribution < -0.4 is 9.64 Å². The lowest BCUT2D eigenvalue weighted by Gasteiger charge is -2.37. The van der Waals surface area contributed by atoms with Crippen molar-refractivity contribution in [1.29, 1.82) is 0 Å². The summed E-state index contributed by atoms with van der Waals surface area (Å²) in [5.41, 5.74) is -1.78. The van der Waals surface area contributed by atoms with E-state index in [-0.39, 0.29) is 37.3 Å². The minimum Gasteiger partial charge on any atom is -0.487 e. The van der Waals surface area contributed by atoms with Gasteiger partial charge in [-0.15, -0.1) is 0 Å². The lowest BCUT2D eigenvalue weighted by Crippen LogP contribution is -2.45. The number of esters is 1. The maximum atomic E-state index is 14.8. The second-order valence-electron chi connectivity index (χ2n) is 7.96. The summed E-state index contributed by atoms with van der Waals surface area (Å²) < 4.78 is 61.3. The predicted octanol–water partition coefficient (Wildman–Crippen LogP) is 3.72. The van der Waals surface area contributed by atoms with E-state index in [0.717, 1.165) is 0 Å². The third kappa shape index (κ3) is 4.54. The number of hydrogen-bond acceptors (Lipinski definition) is 6. The Hall–Kier alpha value is -2.59. The van der Waals surface area contributed by atoms with E-state index in [1.165, 1.54) is 6.07 Å². The lowest BCUT2D eigenvalue weighted by molar-refractivity contribution is -0.384. The zero-order valence-electron chi connectivity index (χ0n) is 15.8. The van der Waals surface area contributed by atoms with Gasteiger partial charge < -0.3 is 14.4 Å². The summed E-state index contributed by atoms with van der Waals surface area (Å²) in [6.07, 6.45) is -5.14. The number of hydrogen-bond donors (Lipinski definition) is 0. The number of ether oxygens (including phenoxy) is 2. The van der Waals surface area contributed by atoms with Crippen molar-refractivity contribution in [1.82, 2.24) is 0 Å². The van der Waals surface area contributed by atoms with Gasteiger partial charge in [-0.1, -0.05) is 0 Å². The molecule has 0 aliphatic carbocycles. The molecule has 0 N–H and O–H groups in total. The molecule has 0 bridgehead atoms. The van der Waals surface area contributed by atoms with Crippen LogP contribution in [0.25, 0.3) is 0 Å². The Morgan fingerprint density at radius 2 is 1.93 bits per heavy atom. The van der Waals surface area contributed by atoms with Crippen LogP contribution in [0.3, 0.4) is 0 Å². The lowest BCUT2D eigenvalue weighted by atomic mass is 9.93. The molecule has 2 aliphatic rings. The molecule has 0 radical (unpaired) electrons. The van der Waals surface area contributed by atoms with E-state index in [0.29, 0.717) is 17.7 Å². The van der Waals surface area contributed by atoms with Gasteiger partial charge in [0.15, 0.2) is 0 Å². The van der Waals surface area contributed by atoms with E-state index in [2.05, 4.69) is 4.74 Å². The van der Waals surface area contributed by atoms with Crippen LogP contribution in [0.5, 0.6) is 5.75 Å². The van der Waals surface area contributed by atoms with E-state index in [1.54, 1.807) is 11.0 Å². The summed E-state index contributed by atoms with van der Waals surface area (Å²) in [4.78, 5) is 23.4. The maximum Gasteiger partial charge on any atom is 0.490 e. The second kappa shape index (κ2) is 7.03. The number of anilines is 1. The second-order valence-corrected chi connectivity index (χ2v) is 7.96. The first-order valence-electron chi connectivity index (χ1n) is 8.98. The third-order valence-corrected chi connectivity index (χ3v) is 5.05. The number of nitro benzene ring substituents is 1. The van der Waals surface area contributed by atoms with Crippen molar-refractivity contribution in [3.05, 3.63) is 27.8 Å². The first kappa shape index (κ1) is 21.1. The number of nitrogens with zero attached hydrogens (tertiary/aromatic N) is 2. The number of piperidine rings is 1. The fourth-order valence-electron chi connectivity index (χ4n) is 3.60. The number of fused-ring (bicyclic) bond motifs is 1. The highest BCUT2D eigenvalue weighted by Crippen LogP contribution is 2.43. The molecule has 1 aromatic carbocycles. The number of halogens is 4. The first-order chi connectivity index (χ1) is 13.3. The van der Waals surface area contributed by atoms with Crippen molar-refractivity contribution in [2.45, 2.75) is 50.6 Å². The van der Waals surface area contributed by atoms with Gasteiger partial charge in [-0.25, -0.2) is 9.18 Å². The molecule has 7 nitrogen and oxygen atoms in total. The van der Waals surface area contributed by atoms with Crippen molar-refractivity contribution in [2.75, 3.05) is 24.6 Å². The molecule has 0 unspecified atom stereocenters. The monoisotopic (exact) mass is 420 g/mol. The van der Waals surface area contributed by atoms with Crippen LogP contribution in [0, 0.1) is 10.1 Å². The molecule has 0 spiro atoms. The van der Waals surface area contributed by atoms with E-state index in [9.17, 15) is 32.5 Å². The van der Waals surface area contributed by atoms with E-state index >= 15 is 0 Å². The molecule has 29 heavy (non-hydrogen) atoms. The maximum absolute atomic E-state index is 14.8. The molecule has 2 heterocycles. The van der Waals surface area contributed by atoms with Gasteiger partial charge in [0, 0.05) is 50.0 Å². The number of carbonyl (C=O) groups is 1. The Kier molecular flexibility index (Phi) is 5.12. The summed E-state index contributed by atoms with van der Waals surface area (Å²) in [6.45, 7) is 2.74. The molecular formula is C18H20F4N2O5. The highest BCUT2D eigenvalue weighted by atomic mass is 19.4. The first-order valence-corrected chi connectivity index (χ1v) is 8.98. The quantitative estimate of drug-likeness (QED) is 0.320. The number of carbonyl (C=O) groups excluding carboxylic acids is 1. The molecule has 0 aromatic heterocycles. The molecular weight excluding hydrogens is 400 g/mol. The molecule has 0 amide bonds. The molecule has 1 saturated heterocycles. The molecule has 2 aliphatic heterocycles. The van der Waals surface area contributed by atoms with Gasteiger partial charge in [0.05, 0.1) is 4.92 Å². The van der Waals surface area contributed by atoms with Crippen LogP contribution >= 0.6 is 0 Å². The topological polar surface area (TPSA) is 81.9 Å². The zero-order chi connectivity index (χ0) is 21.6. The highest BCUT2D eigenvalue weighted by Gasteiger charge is 2.44. The largest absolute Gasteiger partial charge is 0.490 e. The van der Waals surface area contributed by atoms with Crippen molar-refractivity contribution < 1.29 is 36.8 Å². The molecule has 0 atom stereocenters. The Morgan fingerprint density at radius 3 is 2.48 bits per heavy atom. The van der Waals surface area contributed by atoms with Crippen LogP contribution in [0.15, 0.2) is 12.1 Å². The van der Waals surface area contributed by atoms with Crippen LogP contribution in [0.1, 0.15) is 32.3 Å². The highest BCUT2D eigenvalue weighted by molar-refractivity contribution is 5.75. The average molecular weight is 420 g/mol. The minimum absolute atomic E-state index is 0.0170. The van der Waals surface area contributed by atoms with Gasteiger partial charge in [0.2, 0.25) is 0 Å². The van der Waals surface area contributed by atoms with Crippen LogP contribution in [0.4, 0.5) is 28.9 Å². The zero-order valence-corrected chi connectivity index (χ0v) is 15.8. The Bertz CT molecular complexity index is 832. The number of rotatable bonds is 4. The minimum atomic E-state index is -5.18. The Morgan fingerprint density at radius 1 is 1.31 bits per heavy atom. The van der Waals surface area contributed by atoms with Gasteiger partial charge in [-0.2, -0.15) is 13.2 Å². The third-order valence-electron chi connectivity index (χ3n) is 5.05. The molecule has 0 saturated carbocycles. The molecule has 11 heteroatoms. The average Bonchev–Trinajstić information content (AvgIpc) is 2.91.